The number of hydrogen-bond donors (Lipinski definition) is 1. The molecular weight excluding hydrogens is 278 g/mol. The largest absolute Gasteiger partial charge is 0.307 e. The van der Waals surface area contributed by atoms with Gasteiger partial charge in [-0.05, 0) is 18.9 Å². The van der Waals surface area contributed by atoms with Gasteiger partial charge < -0.3 is 5.32 Å². The van der Waals surface area contributed by atoms with E-state index in [2.05, 4.69) is 59.4 Å². The van der Waals surface area contributed by atoms with Crippen LogP contribution in [0.1, 0.15) is 36.8 Å². The maximum atomic E-state index is 4.21. The van der Waals surface area contributed by atoms with E-state index in [1.165, 1.54) is 10.4 Å². The molecule has 2 unspecified atom stereocenters. The summed E-state index contributed by atoms with van der Waals surface area (Å²) in [7, 11) is 0. The number of rotatable bonds is 4. The number of nitrogens with one attached hydrogen (secondary N) is 1. The van der Waals surface area contributed by atoms with Crippen LogP contribution >= 0.6 is 11.3 Å². The molecule has 1 aromatic heterocycles. The molecule has 21 heavy (non-hydrogen) atoms. The van der Waals surface area contributed by atoms with Gasteiger partial charge in [0.05, 0.1) is 5.51 Å². The standard InChI is InChI=1S/C17H23N3S/c1-3-17(2)12-19-16(14-7-5-4-6-8-14)11-20(17)10-15-9-18-13-21-15/h4-9,13,16,19H,3,10-12H2,1-2H3. The van der Waals surface area contributed by atoms with Gasteiger partial charge in [-0.25, -0.2) is 0 Å². The Morgan fingerprint density at radius 2 is 2.19 bits per heavy atom. The number of benzene rings is 1. The molecule has 0 spiro atoms. The fourth-order valence-electron chi connectivity index (χ4n) is 2.98. The van der Waals surface area contributed by atoms with Crippen molar-refractivity contribution in [3.8, 4) is 0 Å². The molecule has 0 radical (unpaired) electrons. The number of piperazine rings is 1. The van der Waals surface area contributed by atoms with Crippen molar-refractivity contribution >= 4 is 11.3 Å². The Kier molecular flexibility index (Phi) is 4.38. The first-order valence-electron chi connectivity index (χ1n) is 7.62. The monoisotopic (exact) mass is 301 g/mol. The SMILES string of the molecule is CCC1(C)CNC(c2ccccc2)CN1Cc1cncs1. The second-order valence-electron chi connectivity index (χ2n) is 6.04. The van der Waals surface area contributed by atoms with Gasteiger partial charge in [-0.15, -0.1) is 11.3 Å². The first-order chi connectivity index (χ1) is 10.2. The molecule has 1 saturated heterocycles. The molecule has 3 rings (SSSR count). The van der Waals surface area contributed by atoms with Crippen molar-refractivity contribution in [1.82, 2.24) is 15.2 Å². The average molecular weight is 301 g/mol. The minimum atomic E-state index is 0.218. The lowest BCUT2D eigenvalue weighted by Crippen LogP contribution is -2.59. The second kappa shape index (κ2) is 6.26. The van der Waals surface area contributed by atoms with Crippen LogP contribution in [0, 0.1) is 0 Å². The Balaban J connectivity index is 1.79. The highest BCUT2D eigenvalue weighted by molar-refractivity contribution is 7.09. The first-order valence-corrected chi connectivity index (χ1v) is 8.50. The third-order valence-corrected chi connectivity index (χ3v) is 5.45. The van der Waals surface area contributed by atoms with Crippen molar-refractivity contribution in [2.75, 3.05) is 13.1 Å². The van der Waals surface area contributed by atoms with Gasteiger partial charge in [0.25, 0.3) is 0 Å². The van der Waals surface area contributed by atoms with Gasteiger partial charge in [-0.1, -0.05) is 37.3 Å². The molecule has 0 bridgehead atoms. The molecule has 2 heterocycles. The van der Waals surface area contributed by atoms with Gasteiger partial charge in [0, 0.05) is 42.3 Å². The maximum absolute atomic E-state index is 4.21. The average Bonchev–Trinajstić information content (AvgIpc) is 3.03. The summed E-state index contributed by atoms with van der Waals surface area (Å²) in [6, 6.07) is 11.2. The molecule has 1 aromatic carbocycles. The summed E-state index contributed by atoms with van der Waals surface area (Å²) in [6.45, 7) is 7.72. The summed E-state index contributed by atoms with van der Waals surface area (Å²) < 4.78 is 0. The van der Waals surface area contributed by atoms with E-state index < -0.39 is 0 Å². The summed E-state index contributed by atoms with van der Waals surface area (Å²) >= 11 is 1.75. The van der Waals surface area contributed by atoms with Crippen LogP contribution in [-0.4, -0.2) is 28.5 Å². The van der Waals surface area contributed by atoms with Crippen molar-refractivity contribution in [3.63, 3.8) is 0 Å². The molecule has 1 aliphatic rings. The Labute approximate surface area is 131 Å². The van der Waals surface area contributed by atoms with Crippen molar-refractivity contribution < 1.29 is 0 Å². The molecule has 1 N–H and O–H groups in total. The van der Waals surface area contributed by atoms with E-state index in [-0.39, 0.29) is 5.54 Å². The molecule has 0 saturated carbocycles. The molecule has 1 fully saturated rings. The van der Waals surface area contributed by atoms with E-state index in [1.54, 1.807) is 11.3 Å². The number of nitrogens with zero attached hydrogens (tertiary/aromatic N) is 2. The molecule has 4 heteroatoms. The van der Waals surface area contributed by atoms with Crippen LogP contribution in [-0.2, 0) is 6.54 Å². The van der Waals surface area contributed by atoms with E-state index in [0.29, 0.717) is 6.04 Å². The maximum Gasteiger partial charge on any atom is 0.0794 e. The van der Waals surface area contributed by atoms with Crippen LogP contribution in [0.15, 0.2) is 42.0 Å². The second-order valence-corrected chi connectivity index (χ2v) is 7.01. The van der Waals surface area contributed by atoms with E-state index in [4.69, 9.17) is 0 Å². The quantitative estimate of drug-likeness (QED) is 0.937. The van der Waals surface area contributed by atoms with Gasteiger partial charge in [-0.2, -0.15) is 0 Å². The first kappa shape index (κ1) is 14.7. The van der Waals surface area contributed by atoms with Crippen molar-refractivity contribution in [2.24, 2.45) is 0 Å². The molecule has 1 aliphatic heterocycles. The van der Waals surface area contributed by atoms with Crippen LogP contribution in [0.2, 0.25) is 0 Å². The molecular formula is C17H23N3S. The summed E-state index contributed by atoms with van der Waals surface area (Å²) in [5.74, 6) is 0. The molecule has 112 valence electrons. The smallest absolute Gasteiger partial charge is 0.0794 e. The van der Waals surface area contributed by atoms with E-state index in [1.807, 2.05) is 11.7 Å². The lowest BCUT2D eigenvalue weighted by Gasteiger charge is -2.48. The molecule has 2 atom stereocenters. The Bertz CT molecular complexity index is 555. The zero-order chi connectivity index (χ0) is 14.7. The van der Waals surface area contributed by atoms with E-state index in [0.717, 1.165) is 26.1 Å². The zero-order valence-corrected chi connectivity index (χ0v) is 13.6. The Hall–Kier alpha value is -1.23. The highest BCUT2D eigenvalue weighted by Gasteiger charge is 2.36. The minimum Gasteiger partial charge on any atom is -0.307 e. The van der Waals surface area contributed by atoms with Gasteiger partial charge in [0.1, 0.15) is 0 Å². The van der Waals surface area contributed by atoms with Crippen molar-refractivity contribution in [3.05, 3.63) is 52.5 Å². The Morgan fingerprint density at radius 1 is 1.38 bits per heavy atom. The summed E-state index contributed by atoms with van der Waals surface area (Å²) in [5.41, 5.74) is 3.52. The normalized spacial score (nSPS) is 26.9. The van der Waals surface area contributed by atoms with Crippen LogP contribution in [0.4, 0.5) is 0 Å². The highest BCUT2D eigenvalue weighted by Crippen LogP contribution is 2.30. The fraction of sp³-hybridized carbons (Fsp3) is 0.471. The van der Waals surface area contributed by atoms with E-state index in [9.17, 15) is 0 Å². The predicted molar refractivity (Wildman–Crippen MR) is 88.4 cm³/mol. The molecule has 0 amide bonds. The lowest BCUT2D eigenvalue weighted by atomic mass is 9.90. The van der Waals surface area contributed by atoms with Crippen LogP contribution in [0.3, 0.4) is 0 Å². The van der Waals surface area contributed by atoms with Crippen molar-refractivity contribution in [1.29, 1.82) is 0 Å². The highest BCUT2D eigenvalue weighted by atomic mass is 32.1. The number of thiazole rings is 1. The zero-order valence-electron chi connectivity index (χ0n) is 12.7. The number of aromatic nitrogens is 1. The van der Waals surface area contributed by atoms with Crippen LogP contribution in [0.5, 0.6) is 0 Å². The third kappa shape index (κ3) is 3.18. The molecule has 3 nitrogen and oxygen atoms in total. The lowest BCUT2D eigenvalue weighted by molar-refractivity contribution is 0.0421. The van der Waals surface area contributed by atoms with Crippen LogP contribution in [0.25, 0.3) is 0 Å². The van der Waals surface area contributed by atoms with Gasteiger partial charge >= 0.3 is 0 Å². The number of hydrogen-bond acceptors (Lipinski definition) is 4. The summed E-state index contributed by atoms with van der Waals surface area (Å²) in [5, 5.41) is 3.73. The topological polar surface area (TPSA) is 28.2 Å². The van der Waals surface area contributed by atoms with Gasteiger partial charge in [-0.3, -0.25) is 9.88 Å². The van der Waals surface area contributed by atoms with E-state index >= 15 is 0 Å². The predicted octanol–water partition coefficient (Wildman–Crippen LogP) is 3.46. The van der Waals surface area contributed by atoms with Gasteiger partial charge in [0.15, 0.2) is 0 Å². The minimum absolute atomic E-state index is 0.218. The summed E-state index contributed by atoms with van der Waals surface area (Å²) in [6.07, 6.45) is 3.15. The van der Waals surface area contributed by atoms with Gasteiger partial charge in [0.2, 0.25) is 0 Å². The Morgan fingerprint density at radius 3 is 2.86 bits per heavy atom. The summed E-state index contributed by atoms with van der Waals surface area (Å²) in [4.78, 5) is 8.18. The van der Waals surface area contributed by atoms with Crippen LogP contribution < -0.4 is 5.32 Å². The third-order valence-electron chi connectivity index (χ3n) is 4.69. The molecule has 0 aliphatic carbocycles. The molecule has 2 aromatic rings. The fourth-order valence-corrected chi connectivity index (χ4v) is 3.59. The van der Waals surface area contributed by atoms with Crippen molar-refractivity contribution in [2.45, 2.75) is 38.4 Å².